The van der Waals surface area contributed by atoms with E-state index in [0.717, 1.165) is 6.07 Å². The molecule has 0 aliphatic rings. The lowest BCUT2D eigenvalue weighted by Gasteiger charge is -2.06. The molecule has 1 atom stereocenters. The largest absolute Gasteiger partial charge is 0.503 e. The number of pyridine rings is 1. The van der Waals surface area contributed by atoms with Gasteiger partial charge in [-0.1, -0.05) is 0 Å². The van der Waals surface area contributed by atoms with E-state index in [-0.39, 0.29) is 12.1 Å². The first kappa shape index (κ1) is 10.3. The van der Waals surface area contributed by atoms with E-state index in [1.54, 1.807) is 0 Å². The Morgan fingerprint density at radius 2 is 2.29 bits per heavy atom. The Morgan fingerprint density at radius 1 is 1.64 bits per heavy atom. The zero-order valence-corrected chi connectivity index (χ0v) is 7.23. The second-order valence-electron chi connectivity index (χ2n) is 2.82. The van der Waals surface area contributed by atoms with E-state index in [4.69, 9.17) is 10.8 Å². The Bertz CT molecular complexity index is 399. The SMILES string of the molecule is N[C@@H](Cc1[nH]ccc(=O)c1O)C(=O)O. The number of carboxylic acid groups (broad SMARTS) is 1. The fourth-order valence-corrected chi connectivity index (χ4v) is 0.977. The number of nitrogens with one attached hydrogen (secondary N) is 1. The first-order chi connectivity index (χ1) is 6.52. The summed E-state index contributed by atoms with van der Waals surface area (Å²) in [5.41, 5.74) is 4.81. The van der Waals surface area contributed by atoms with Gasteiger partial charge in [-0.25, -0.2) is 0 Å². The lowest BCUT2D eigenvalue weighted by molar-refractivity contribution is -0.138. The zero-order valence-electron chi connectivity index (χ0n) is 7.23. The monoisotopic (exact) mass is 198 g/mol. The van der Waals surface area contributed by atoms with Gasteiger partial charge in [0.15, 0.2) is 5.75 Å². The Morgan fingerprint density at radius 3 is 2.86 bits per heavy atom. The third-order valence-electron chi connectivity index (χ3n) is 1.75. The van der Waals surface area contributed by atoms with Crippen LogP contribution in [0.25, 0.3) is 0 Å². The predicted molar refractivity (Wildman–Crippen MR) is 48.0 cm³/mol. The highest BCUT2D eigenvalue weighted by Crippen LogP contribution is 2.08. The van der Waals surface area contributed by atoms with Crippen molar-refractivity contribution in [3.05, 3.63) is 28.2 Å². The molecule has 1 aromatic rings. The summed E-state index contributed by atoms with van der Waals surface area (Å²) in [7, 11) is 0. The van der Waals surface area contributed by atoms with Crippen LogP contribution in [-0.2, 0) is 11.2 Å². The first-order valence-corrected chi connectivity index (χ1v) is 3.90. The van der Waals surface area contributed by atoms with Crippen molar-refractivity contribution in [2.75, 3.05) is 0 Å². The van der Waals surface area contributed by atoms with Crippen molar-refractivity contribution < 1.29 is 15.0 Å². The number of rotatable bonds is 3. The average Bonchev–Trinajstić information content (AvgIpc) is 2.12. The zero-order chi connectivity index (χ0) is 10.7. The molecule has 0 saturated carbocycles. The number of aromatic amines is 1. The molecule has 0 amide bonds. The van der Waals surface area contributed by atoms with Crippen LogP contribution in [0.1, 0.15) is 5.69 Å². The van der Waals surface area contributed by atoms with Gasteiger partial charge >= 0.3 is 5.97 Å². The quantitative estimate of drug-likeness (QED) is 0.498. The maximum absolute atomic E-state index is 10.9. The van der Waals surface area contributed by atoms with Crippen LogP contribution in [0.2, 0.25) is 0 Å². The summed E-state index contributed by atoms with van der Waals surface area (Å²) in [6.07, 6.45) is 1.21. The number of aromatic hydroxyl groups is 1. The maximum Gasteiger partial charge on any atom is 0.320 e. The van der Waals surface area contributed by atoms with Crippen molar-refractivity contribution in [2.24, 2.45) is 5.73 Å². The van der Waals surface area contributed by atoms with Gasteiger partial charge in [-0.2, -0.15) is 0 Å². The van der Waals surface area contributed by atoms with E-state index in [0.29, 0.717) is 0 Å². The molecule has 0 aliphatic carbocycles. The summed E-state index contributed by atoms with van der Waals surface area (Å²) in [6, 6.07) is 0.00411. The summed E-state index contributed by atoms with van der Waals surface area (Å²) in [5.74, 6) is -1.67. The lowest BCUT2D eigenvalue weighted by atomic mass is 10.1. The van der Waals surface area contributed by atoms with Gasteiger partial charge < -0.3 is 20.9 Å². The first-order valence-electron chi connectivity index (χ1n) is 3.90. The van der Waals surface area contributed by atoms with Crippen LogP contribution in [0.3, 0.4) is 0 Å². The molecule has 0 saturated heterocycles. The van der Waals surface area contributed by atoms with E-state index in [1.807, 2.05) is 0 Å². The van der Waals surface area contributed by atoms with Crippen molar-refractivity contribution in [3.8, 4) is 5.75 Å². The molecule has 14 heavy (non-hydrogen) atoms. The number of hydrogen-bond acceptors (Lipinski definition) is 4. The van der Waals surface area contributed by atoms with Crippen LogP contribution in [0.15, 0.2) is 17.1 Å². The summed E-state index contributed by atoms with van der Waals surface area (Å²) in [5, 5.41) is 17.7. The van der Waals surface area contributed by atoms with Crippen molar-refractivity contribution in [2.45, 2.75) is 12.5 Å². The maximum atomic E-state index is 10.9. The molecule has 0 bridgehead atoms. The van der Waals surface area contributed by atoms with Crippen LogP contribution >= 0.6 is 0 Å². The molecule has 5 N–H and O–H groups in total. The third-order valence-corrected chi connectivity index (χ3v) is 1.75. The Balaban J connectivity index is 2.92. The highest BCUT2D eigenvalue weighted by atomic mass is 16.4. The van der Waals surface area contributed by atoms with E-state index in [1.165, 1.54) is 6.20 Å². The summed E-state index contributed by atoms with van der Waals surface area (Å²) < 4.78 is 0. The number of hydrogen-bond donors (Lipinski definition) is 4. The van der Waals surface area contributed by atoms with Crippen LogP contribution in [0.4, 0.5) is 0 Å². The van der Waals surface area contributed by atoms with Gasteiger partial charge in [0.2, 0.25) is 5.43 Å². The van der Waals surface area contributed by atoms with Crippen molar-refractivity contribution in [1.82, 2.24) is 4.98 Å². The van der Waals surface area contributed by atoms with Gasteiger partial charge in [-0.15, -0.1) is 0 Å². The molecule has 1 heterocycles. The second kappa shape index (κ2) is 3.93. The minimum absolute atomic E-state index is 0.114. The Labute approximate surface area is 79.0 Å². The number of carbonyl (C=O) groups is 1. The van der Waals surface area contributed by atoms with Crippen molar-refractivity contribution in [1.29, 1.82) is 0 Å². The van der Waals surface area contributed by atoms with Crippen molar-refractivity contribution >= 4 is 5.97 Å². The molecule has 0 spiro atoms. The highest BCUT2D eigenvalue weighted by molar-refractivity contribution is 5.73. The van der Waals surface area contributed by atoms with Crippen LogP contribution < -0.4 is 11.2 Å². The molecule has 1 aromatic heterocycles. The smallest absolute Gasteiger partial charge is 0.320 e. The minimum Gasteiger partial charge on any atom is -0.503 e. The minimum atomic E-state index is -1.19. The Kier molecular flexibility index (Phi) is 2.88. The fraction of sp³-hybridized carbons (Fsp3) is 0.250. The van der Waals surface area contributed by atoms with Crippen LogP contribution in [-0.4, -0.2) is 27.2 Å². The summed E-state index contributed by atoms with van der Waals surface area (Å²) in [6.45, 7) is 0. The number of nitrogens with two attached hydrogens (primary N) is 1. The number of carboxylic acids is 1. The predicted octanol–water partition coefficient (Wildman–Crippen LogP) is -0.965. The summed E-state index contributed by atoms with van der Waals surface area (Å²) in [4.78, 5) is 23.9. The van der Waals surface area contributed by atoms with Crippen LogP contribution in [0.5, 0.6) is 5.75 Å². The molecule has 0 fully saturated rings. The molecule has 76 valence electrons. The average molecular weight is 198 g/mol. The van der Waals surface area contributed by atoms with Gasteiger partial charge in [0.25, 0.3) is 0 Å². The molecule has 0 radical (unpaired) electrons. The van der Waals surface area contributed by atoms with E-state index >= 15 is 0 Å². The second-order valence-corrected chi connectivity index (χ2v) is 2.82. The lowest BCUT2D eigenvalue weighted by Crippen LogP contribution is -2.32. The topological polar surface area (TPSA) is 116 Å². The standard InChI is InChI=1S/C8H10N2O4/c9-4(8(13)14)3-5-7(12)6(11)1-2-10-5/h1-2,4,12H,3,9H2,(H,10,11)(H,13,14)/t4-/m0/s1. The van der Waals surface area contributed by atoms with E-state index in [2.05, 4.69) is 4.98 Å². The van der Waals surface area contributed by atoms with Gasteiger partial charge in [-0.05, 0) is 0 Å². The van der Waals surface area contributed by atoms with Gasteiger partial charge in [0.05, 0.1) is 5.69 Å². The number of H-pyrrole nitrogens is 1. The summed E-state index contributed by atoms with van der Waals surface area (Å²) >= 11 is 0. The number of aliphatic carboxylic acids is 1. The molecule has 0 unspecified atom stereocenters. The van der Waals surface area contributed by atoms with E-state index in [9.17, 15) is 14.7 Å². The van der Waals surface area contributed by atoms with Gasteiger partial charge in [0, 0.05) is 18.7 Å². The number of aromatic nitrogens is 1. The highest BCUT2D eigenvalue weighted by Gasteiger charge is 2.15. The fourth-order valence-electron chi connectivity index (χ4n) is 0.977. The third kappa shape index (κ3) is 2.11. The van der Waals surface area contributed by atoms with Crippen molar-refractivity contribution in [3.63, 3.8) is 0 Å². The molecular weight excluding hydrogens is 188 g/mol. The van der Waals surface area contributed by atoms with Gasteiger partial charge in [-0.3, -0.25) is 9.59 Å². The molecule has 6 heteroatoms. The normalized spacial score (nSPS) is 12.4. The molecule has 6 nitrogen and oxygen atoms in total. The molecule has 0 aromatic carbocycles. The molecular formula is C8H10N2O4. The van der Waals surface area contributed by atoms with E-state index < -0.39 is 23.2 Å². The molecule has 0 aliphatic heterocycles. The van der Waals surface area contributed by atoms with Crippen LogP contribution in [0, 0.1) is 0 Å². The van der Waals surface area contributed by atoms with Gasteiger partial charge in [0.1, 0.15) is 6.04 Å². The molecule has 1 rings (SSSR count). The Hall–Kier alpha value is -1.82.